The summed E-state index contributed by atoms with van der Waals surface area (Å²) < 4.78 is 1.54. The Kier molecular flexibility index (Phi) is 3.94. The number of thiophene rings is 1. The minimum absolute atomic E-state index is 0.0133. The fourth-order valence-electron chi connectivity index (χ4n) is 2.16. The molecule has 0 aliphatic heterocycles. The van der Waals surface area contributed by atoms with Crippen molar-refractivity contribution in [1.29, 1.82) is 0 Å². The Morgan fingerprint density at radius 3 is 2.86 bits per heavy atom. The van der Waals surface area contributed by atoms with Gasteiger partial charge in [-0.05, 0) is 17.5 Å². The van der Waals surface area contributed by atoms with Crippen molar-refractivity contribution in [2.45, 2.75) is 13.0 Å². The molecular formula is C14H12N4O3S. The van der Waals surface area contributed by atoms with Gasteiger partial charge in [0.05, 0.1) is 22.9 Å². The topological polar surface area (TPSA) is 94.1 Å². The van der Waals surface area contributed by atoms with E-state index < -0.39 is 4.92 Å². The van der Waals surface area contributed by atoms with E-state index in [1.807, 2.05) is 17.5 Å². The van der Waals surface area contributed by atoms with E-state index in [4.69, 9.17) is 0 Å². The molecule has 22 heavy (non-hydrogen) atoms. The summed E-state index contributed by atoms with van der Waals surface area (Å²) in [7, 11) is 0. The molecule has 0 fully saturated rings. The summed E-state index contributed by atoms with van der Waals surface area (Å²) in [5.41, 5.74) is 1.74. The fraction of sp³-hybridized carbons (Fsp3) is 0.143. The maximum atomic E-state index is 10.9. The molecule has 0 saturated heterocycles. The molecule has 0 radical (unpaired) electrons. The smallest absolute Gasteiger partial charge is 0.271 e. The largest absolute Gasteiger partial charge is 0.390 e. The Labute approximate surface area is 129 Å². The molecule has 1 aromatic carbocycles. The van der Waals surface area contributed by atoms with Gasteiger partial charge in [-0.1, -0.05) is 17.3 Å². The van der Waals surface area contributed by atoms with Crippen molar-refractivity contribution < 1.29 is 10.0 Å². The molecular weight excluding hydrogens is 304 g/mol. The molecule has 2 heterocycles. The minimum Gasteiger partial charge on any atom is -0.390 e. The lowest BCUT2D eigenvalue weighted by molar-refractivity contribution is -0.384. The summed E-state index contributed by atoms with van der Waals surface area (Å²) in [6.45, 7) is -0.227. The average Bonchev–Trinajstić information content (AvgIpc) is 3.17. The second-order valence-electron chi connectivity index (χ2n) is 4.59. The second kappa shape index (κ2) is 6.04. The molecule has 0 amide bonds. The molecule has 0 aliphatic rings. The number of aromatic nitrogens is 3. The van der Waals surface area contributed by atoms with E-state index in [-0.39, 0.29) is 12.3 Å². The number of non-ortho nitro benzene ring substituents is 1. The van der Waals surface area contributed by atoms with Crippen molar-refractivity contribution >= 4 is 17.0 Å². The van der Waals surface area contributed by atoms with Gasteiger partial charge in [0, 0.05) is 23.4 Å². The van der Waals surface area contributed by atoms with Crippen LogP contribution in [0.1, 0.15) is 16.3 Å². The molecule has 112 valence electrons. The number of hydrogen-bond acceptors (Lipinski definition) is 6. The summed E-state index contributed by atoms with van der Waals surface area (Å²) in [6, 6.07) is 10.1. The van der Waals surface area contributed by atoms with Crippen LogP contribution in [0.25, 0.3) is 5.69 Å². The third-order valence-electron chi connectivity index (χ3n) is 3.20. The van der Waals surface area contributed by atoms with Crippen LogP contribution in [0, 0.1) is 10.1 Å². The van der Waals surface area contributed by atoms with Crippen LogP contribution in [0.4, 0.5) is 5.69 Å². The maximum Gasteiger partial charge on any atom is 0.271 e. The van der Waals surface area contributed by atoms with Crippen LogP contribution in [-0.4, -0.2) is 25.0 Å². The third kappa shape index (κ3) is 2.74. The maximum absolute atomic E-state index is 10.9. The molecule has 8 heteroatoms. The normalized spacial score (nSPS) is 10.8. The van der Waals surface area contributed by atoms with Gasteiger partial charge in [0.15, 0.2) is 0 Å². The summed E-state index contributed by atoms with van der Waals surface area (Å²) in [6.07, 6.45) is 0.559. The van der Waals surface area contributed by atoms with Gasteiger partial charge in [0.1, 0.15) is 5.69 Å². The number of aliphatic hydroxyl groups is 1. The quantitative estimate of drug-likeness (QED) is 0.576. The number of nitro groups is 1. The number of hydrogen-bond donors (Lipinski definition) is 1. The van der Waals surface area contributed by atoms with E-state index in [1.165, 1.54) is 16.8 Å². The summed E-state index contributed by atoms with van der Waals surface area (Å²) in [5, 5.41) is 30.3. The lowest BCUT2D eigenvalue weighted by Crippen LogP contribution is -2.05. The predicted octanol–water partition coefficient (Wildman–Crippen LogP) is 2.32. The van der Waals surface area contributed by atoms with Crippen molar-refractivity contribution in [2.24, 2.45) is 0 Å². The average molecular weight is 316 g/mol. The van der Waals surface area contributed by atoms with Crippen LogP contribution < -0.4 is 0 Å². The van der Waals surface area contributed by atoms with E-state index in [2.05, 4.69) is 10.3 Å². The lowest BCUT2D eigenvalue weighted by atomic mass is 10.2. The zero-order chi connectivity index (χ0) is 15.5. The summed E-state index contributed by atoms with van der Waals surface area (Å²) in [4.78, 5) is 11.6. The molecule has 3 aromatic rings. The van der Waals surface area contributed by atoms with E-state index in [0.717, 1.165) is 10.6 Å². The zero-order valence-electron chi connectivity index (χ0n) is 11.4. The first kappa shape index (κ1) is 14.4. The molecule has 1 N–H and O–H groups in total. The minimum atomic E-state index is -0.452. The Hall–Kier alpha value is -2.58. The standard InChI is InChI=1S/C14H12N4O3S/c19-9-13-14(8-12-5-2-6-22-12)17(16-15-13)10-3-1-4-11(7-10)18(20)21/h1-7,19H,8-9H2. The van der Waals surface area contributed by atoms with Gasteiger partial charge in [0.2, 0.25) is 0 Å². The molecule has 0 atom stereocenters. The van der Waals surface area contributed by atoms with Gasteiger partial charge in [0.25, 0.3) is 5.69 Å². The van der Waals surface area contributed by atoms with E-state index >= 15 is 0 Å². The Bertz CT molecular complexity index is 798. The Balaban J connectivity index is 2.05. The highest BCUT2D eigenvalue weighted by molar-refractivity contribution is 7.09. The molecule has 2 aromatic heterocycles. The van der Waals surface area contributed by atoms with E-state index in [1.54, 1.807) is 23.5 Å². The van der Waals surface area contributed by atoms with Crippen LogP contribution in [0.5, 0.6) is 0 Å². The molecule has 0 bridgehead atoms. The third-order valence-corrected chi connectivity index (χ3v) is 4.08. The molecule has 0 spiro atoms. The fourth-order valence-corrected chi connectivity index (χ4v) is 2.87. The summed E-state index contributed by atoms with van der Waals surface area (Å²) in [5.74, 6) is 0. The van der Waals surface area contributed by atoms with Gasteiger partial charge in [-0.25, -0.2) is 4.68 Å². The van der Waals surface area contributed by atoms with Crippen molar-refractivity contribution in [1.82, 2.24) is 15.0 Å². The molecule has 0 saturated carbocycles. The van der Waals surface area contributed by atoms with Crippen molar-refractivity contribution in [3.05, 3.63) is 68.2 Å². The van der Waals surface area contributed by atoms with Crippen LogP contribution in [0.2, 0.25) is 0 Å². The molecule has 0 aliphatic carbocycles. The predicted molar refractivity (Wildman–Crippen MR) is 81.1 cm³/mol. The zero-order valence-corrected chi connectivity index (χ0v) is 12.2. The lowest BCUT2D eigenvalue weighted by Gasteiger charge is -2.06. The number of aliphatic hydroxyl groups excluding tert-OH is 1. The Morgan fingerprint density at radius 2 is 2.18 bits per heavy atom. The Morgan fingerprint density at radius 1 is 1.32 bits per heavy atom. The highest BCUT2D eigenvalue weighted by atomic mass is 32.1. The molecule has 0 unspecified atom stereocenters. The van der Waals surface area contributed by atoms with E-state index in [0.29, 0.717) is 17.8 Å². The number of nitrogens with zero attached hydrogens (tertiary/aromatic N) is 4. The number of rotatable bonds is 5. The second-order valence-corrected chi connectivity index (χ2v) is 5.62. The van der Waals surface area contributed by atoms with Crippen LogP contribution in [0.15, 0.2) is 41.8 Å². The monoisotopic (exact) mass is 316 g/mol. The van der Waals surface area contributed by atoms with Crippen molar-refractivity contribution in [3.63, 3.8) is 0 Å². The van der Waals surface area contributed by atoms with E-state index in [9.17, 15) is 15.2 Å². The molecule has 3 rings (SSSR count). The highest BCUT2D eigenvalue weighted by Crippen LogP contribution is 2.22. The van der Waals surface area contributed by atoms with Gasteiger partial charge in [-0.2, -0.15) is 0 Å². The van der Waals surface area contributed by atoms with Crippen molar-refractivity contribution in [3.8, 4) is 5.69 Å². The summed E-state index contributed by atoms with van der Waals surface area (Å²) >= 11 is 1.59. The SMILES string of the molecule is O=[N+]([O-])c1cccc(-n2nnc(CO)c2Cc2cccs2)c1. The van der Waals surface area contributed by atoms with Crippen LogP contribution in [-0.2, 0) is 13.0 Å². The first-order valence-corrected chi connectivity index (χ1v) is 7.38. The number of nitro benzene ring substituents is 1. The first-order valence-electron chi connectivity index (χ1n) is 6.50. The number of benzene rings is 1. The first-order chi connectivity index (χ1) is 10.7. The van der Waals surface area contributed by atoms with Gasteiger partial charge >= 0.3 is 0 Å². The molecule has 7 nitrogen and oxygen atoms in total. The van der Waals surface area contributed by atoms with Gasteiger partial charge in [-0.15, -0.1) is 16.4 Å². The van der Waals surface area contributed by atoms with Gasteiger partial charge in [-0.3, -0.25) is 10.1 Å². The van der Waals surface area contributed by atoms with Crippen LogP contribution >= 0.6 is 11.3 Å². The van der Waals surface area contributed by atoms with Gasteiger partial charge < -0.3 is 5.11 Å². The highest BCUT2D eigenvalue weighted by Gasteiger charge is 2.16. The van der Waals surface area contributed by atoms with Crippen molar-refractivity contribution in [2.75, 3.05) is 0 Å². The van der Waals surface area contributed by atoms with Crippen LogP contribution in [0.3, 0.4) is 0 Å².